The summed E-state index contributed by atoms with van der Waals surface area (Å²) in [7, 11) is 0. The minimum absolute atomic E-state index is 0.139. The minimum atomic E-state index is -0.388. The number of thioether (sulfide) groups is 1. The normalized spacial score (nSPS) is 11.6. The molecule has 184 valence electrons. The summed E-state index contributed by atoms with van der Waals surface area (Å²) in [6, 6.07) is 16.8. The fraction of sp³-hybridized carbons (Fsp3) is 0.192. The van der Waals surface area contributed by atoms with Gasteiger partial charge in [0.1, 0.15) is 0 Å². The second-order valence-corrected chi connectivity index (χ2v) is 9.84. The number of amides is 2. The van der Waals surface area contributed by atoms with Crippen LogP contribution in [0.3, 0.4) is 0 Å². The van der Waals surface area contributed by atoms with Crippen LogP contribution in [-0.4, -0.2) is 37.3 Å². The number of thiazole rings is 1. The molecule has 0 spiro atoms. The lowest BCUT2D eigenvalue weighted by molar-refractivity contribution is -0.113. The van der Waals surface area contributed by atoms with Gasteiger partial charge in [-0.3, -0.25) is 9.59 Å². The van der Waals surface area contributed by atoms with Gasteiger partial charge < -0.3 is 15.2 Å². The Morgan fingerprint density at radius 1 is 1.14 bits per heavy atom. The highest BCUT2D eigenvalue weighted by atomic mass is 32.2. The van der Waals surface area contributed by atoms with Crippen molar-refractivity contribution < 1.29 is 9.59 Å². The van der Waals surface area contributed by atoms with Gasteiger partial charge in [-0.25, -0.2) is 4.98 Å². The highest BCUT2D eigenvalue weighted by Crippen LogP contribution is 2.25. The predicted octanol–water partition coefficient (Wildman–Crippen LogP) is 5.12. The van der Waals surface area contributed by atoms with Crippen LogP contribution in [0.15, 0.2) is 77.8 Å². The number of nitrogens with one attached hydrogen (secondary N) is 2. The lowest BCUT2D eigenvalue weighted by Gasteiger charge is -2.15. The minimum Gasteiger partial charge on any atom is -0.342 e. The molecule has 4 rings (SSSR count). The molecule has 2 N–H and O–H groups in total. The molecular formula is C26H26N6O2S2. The third kappa shape index (κ3) is 6.27. The molecule has 0 aliphatic heterocycles. The van der Waals surface area contributed by atoms with E-state index in [1.165, 1.54) is 23.1 Å². The molecule has 1 atom stereocenters. The molecule has 0 unspecified atom stereocenters. The van der Waals surface area contributed by atoms with Crippen LogP contribution < -0.4 is 10.6 Å². The second-order valence-electron chi connectivity index (χ2n) is 8.04. The SMILES string of the molecule is C=CCn1c(SCC(=O)Nc2nc(-c3ccccc3)cs2)nnc1[C@@H](C)NC(=O)c1ccc(C)cc1. The van der Waals surface area contributed by atoms with Crippen LogP contribution in [0.5, 0.6) is 0 Å². The van der Waals surface area contributed by atoms with E-state index in [2.05, 4.69) is 32.4 Å². The smallest absolute Gasteiger partial charge is 0.251 e. The maximum absolute atomic E-state index is 12.6. The maximum Gasteiger partial charge on any atom is 0.251 e. The summed E-state index contributed by atoms with van der Waals surface area (Å²) in [6.07, 6.45) is 1.73. The summed E-state index contributed by atoms with van der Waals surface area (Å²) >= 11 is 2.65. The Balaban J connectivity index is 1.37. The molecule has 10 heteroatoms. The van der Waals surface area contributed by atoms with E-state index in [4.69, 9.17) is 0 Å². The van der Waals surface area contributed by atoms with Gasteiger partial charge in [-0.2, -0.15) is 0 Å². The Kier molecular flexibility index (Phi) is 8.29. The molecule has 0 saturated carbocycles. The van der Waals surface area contributed by atoms with Gasteiger partial charge in [0.25, 0.3) is 5.91 Å². The van der Waals surface area contributed by atoms with Gasteiger partial charge in [0.15, 0.2) is 16.1 Å². The monoisotopic (exact) mass is 518 g/mol. The van der Waals surface area contributed by atoms with Crippen molar-refractivity contribution in [3.8, 4) is 11.3 Å². The van der Waals surface area contributed by atoms with E-state index in [1.54, 1.807) is 18.2 Å². The topological polar surface area (TPSA) is 102 Å². The molecule has 4 aromatic rings. The number of carbonyl (C=O) groups is 2. The van der Waals surface area contributed by atoms with Crippen molar-refractivity contribution in [2.45, 2.75) is 31.6 Å². The summed E-state index contributed by atoms with van der Waals surface area (Å²) < 4.78 is 1.85. The number of nitrogens with zero attached hydrogens (tertiary/aromatic N) is 4. The van der Waals surface area contributed by atoms with Gasteiger partial charge in [-0.1, -0.05) is 65.9 Å². The first-order valence-corrected chi connectivity index (χ1v) is 13.2. The van der Waals surface area contributed by atoms with Crippen molar-refractivity contribution in [1.29, 1.82) is 0 Å². The first-order chi connectivity index (χ1) is 17.4. The predicted molar refractivity (Wildman–Crippen MR) is 144 cm³/mol. The van der Waals surface area contributed by atoms with E-state index in [0.29, 0.717) is 28.2 Å². The van der Waals surface area contributed by atoms with E-state index in [0.717, 1.165) is 16.8 Å². The summed E-state index contributed by atoms with van der Waals surface area (Å²) in [5.74, 6) is 0.345. The van der Waals surface area contributed by atoms with Crippen molar-refractivity contribution >= 4 is 40.0 Å². The van der Waals surface area contributed by atoms with E-state index in [1.807, 2.05) is 66.3 Å². The highest BCUT2D eigenvalue weighted by Gasteiger charge is 2.20. The number of allylic oxidation sites excluding steroid dienone is 1. The fourth-order valence-corrected chi connectivity index (χ4v) is 4.93. The van der Waals surface area contributed by atoms with Crippen LogP contribution in [0.1, 0.15) is 34.7 Å². The Morgan fingerprint density at radius 2 is 1.89 bits per heavy atom. The first-order valence-electron chi connectivity index (χ1n) is 11.3. The molecule has 0 saturated heterocycles. The molecule has 0 aliphatic carbocycles. The van der Waals surface area contributed by atoms with E-state index in [-0.39, 0.29) is 23.6 Å². The van der Waals surface area contributed by atoms with Crippen LogP contribution in [0.25, 0.3) is 11.3 Å². The van der Waals surface area contributed by atoms with Crippen LogP contribution in [0.4, 0.5) is 5.13 Å². The maximum atomic E-state index is 12.6. The van der Waals surface area contributed by atoms with E-state index in [9.17, 15) is 9.59 Å². The Hall–Kier alpha value is -3.76. The second kappa shape index (κ2) is 11.8. The lowest BCUT2D eigenvalue weighted by atomic mass is 10.1. The molecule has 0 radical (unpaired) electrons. The molecule has 0 aliphatic rings. The van der Waals surface area contributed by atoms with Crippen molar-refractivity contribution in [3.63, 3.8) is 0 Å². The standard InChI is InChI=1S/C26H26N6O2S2/c1-4-14-32-23(18(3)27-24(34)20-12-10-17(2)11-13-20)30-31-26(32)36-16-22(33)29-25-28-21(15-35-25)19-8-6-5-7-9-19/h4-13,15,18H,1,14,16H2,2-3H3,(H,27,34)(H,28,29,33)/t18-/m1/s1. The average Bonchev–Trinajstić information content (AvgIpc) is 3.51. The molecule has 2 aromatic heterocycles. The largest absolute Gasteiger partial charge is 0.342 e. The lowest BCUT2D eigenvalue weighted by Crippen LogP contribution is -2.28. The average molecular weight is 519 g/mol. The molecule has 0 fully saturated rings. The fourth-order valence-electron chi connectivity index (χ4n) is 3.44. The zero-order valence-electron chi connectivity index (χ0n) is 20.0. The molecule has 2 heterocycles. The van der Waals surface area contributed by atoms with Crippen molar-refractivity contribution in [3.05, 3.63) is 89.6 Å². The van der Waals surface area contributed by atoms with Gasteiger partial charge in [-0.15, -0.1) is 28.1 Å². The highest BCUT2D eigenvalue weighted by molar-refractivity contribution is 7.99. The van der Waals surface area contributed by atoms with Gasteiger partial charge >= 0.3 is 0 Å². The van der Waals surface area contributed by atoms with Gasteiger partial charge in [0.05, 0.1) is 17.5 Å². The Morgan fingerprint density at radius 3 is 2.61 bits per heavy atom. The first kappa shape index (κ1) is 25.3. The van der Waals surface area contributed by atoms with Crippen LogP contribution in [0, 0.1) is 6.92 Å². The van der Waals surface area contributed by atoms with Gasteiger partial charge in [-0.05, 0) is 26.0 Å². The van der Waals surface area contributed by atoms with Crippen molar-refractivity contribution in [2.24, 2.45) is 0 Å². The number of hydrogen-bond acceptors (Lipinski definition) is 7. The summed E-state index contributed by atoms with van der Waals surface area (Å²) in [6.45, 7) is 8.08. The van der Waals surface area contributed by atoms with Crippen molar-refractivity contribution in [1.82, 2.24) is 25.1 Å². The zero-order valence-corrected chi connectivity index (χ0v) is 21.6. The zero-order chi connectivity index (χ0) is 25.5. The molecule has 0 bridgehead atoms. The molecule has 8 nitrogen and oxygen atoms in total. The quantitative estimate of drug-likeness (QED) is 0.223. The molecule has 2 amide bonds. The van der Waals surface area contributed by atoms with Crippen LogP contribution in [-0.2, 0) is 11.3 Å². The number of rotatable bonds is 10. The molecule has 36 heavy (non-hydrogen) atoms. The van der Waals surface area contributed by atoms with Crippen LogP contribution >= 0.6 is 23.1 Å². The summed E-state index contributed by atoms with van der Waals surface area (Å²) in [5, 5.41) is 17.4. The van der Waals surface area contributed by atoms with E-state index >= 15 is 0 Å². The van der Waals surface area contributed by atoms with Crippen LogP contribution in [0.2, 0.25) is 0 Å². The molecular weight excluding hydrogens is 492 g/mol. The van der Waals surface area contributed by atoms with Crippen molar-refractivity contribution in [2.75, 3.05) is 11.1 Å². The number of anilines is 1. The Bertz CT molecular complexity index is 1350. The number of benzene rings is 2. The number of hydrogen-bond donors (Lipinski definition) is 2. The molecule has 2 aromatic carbocycles. The third-order valence-corrected chi connectivity index (χ3v) is 6.98. The third-order valence-electron chi connectivity index (χ3n) is 5.26. The number of aryl methyl sites for hydroxylation is 1. The summed E-state index contributed by atoms with van der Waals surface area (Å²) in [5.41, 5.74) is 3.48. The Labute approximate surface area is 217 Å². The van der Waals surface area contributed by atoms with Gasteiger partial charge in [0, 0.05) is 23.1 Å². The number of aromatic nitrogens is 4. The summed E-state index contributed by atoms with van der Waals surface area (Å²) in [4.78, 5) is 29.7. The number of carbonyl (C=O) groups excluding carboxylic acids is 2. The van der Waals surface area contributed by atoms with Gasteiger partial charge in [0.2, 0.25) is 5.91 Å². The van der Waals surface area contributed by atoms with E-state index < -0.39 is 0 Å².